The molecule has 1 heterocycles. The molecule has 6 nitrogen and oxygen atoms in total. The van der Waals surface area contributed by atoms with E-state index in [0.29, 0.717) is 12.1 Å². The van der Waals surface area contributed by atoms with Gasteiger partial charge in [-0.05, 0) is 61.8 Å². The molecule has 29 heavy (non-hydrogen) atoms. The Hall–Kier alpha value is -3.12. The highest BCUT2D eigenvalue weighted by atomic mass is 16.5. The summed E-state index contributed by atoms with van der Waals surface area (Å²) in [6.07, 6.45) is 6.13. The molecule has 6 heteroatoms. The van der Waals surface area contributed by atoms with Gasteiger partial charge in [-0.25, -0.2) is 0 Å². The topological polar surface area (TPSA) is 91.4 Å². The van der Waals surface area contributed by atoms with Crippen molar-refractivity contribution in [3.05, 3.63) is 65.7 Å². The molecule has 0 radical (unpaired) electrons. The highest BCUT2D eigenvalue weighted by Crippen LogP contribution is 2.22. The van der Waals surface area contributed by atoms with Gasteiger partial charge in [0, 0.05) is 24.7 Å². The minimum absolute atomic E-state index is 0.0286. The van der Waals surface area contributed by atoms with Crippen molar-refractivity contribution in [1.29, 1.82) is 5.41 Å². The number of hydrogen-bond acceptors (Lipinski definition) is 4. The van der Waals surface area contributed by atoms with Gasteiger partial charge in [0.25, 0.3) is 0 Å². The Morgan fingerprint density at radius 3 is 2.62 bits per heavy atom. The van der Waals surface area contributed by atoms with Crippen LogP contribution in [-0.2, 0) is 4.79 Å². The maximum Gasteiger partial charge on any atom is 0.224 e. The van der Waals surface area contributed by atoms with Crippen molar-refractivity contribution in [3.8, 4) is 5.75 Å². The molecular weight excluding hydrogens is 364 g/mol. The SMILES string of the molecule is CC(=O)N(CC=Cc1cccc(C(=N)N)c1)c1ccc(OC2CCNCC2)cc1. The van der Waals surface area contributed by atoms with E-state index < -0.39 is 0 Å². The van der Waals surface area contributed by atoms with E-state index in [1.54, 1.807) is 17.9 Å². The van der Waals surface area contributed by atoms with Crippen LogP contribution in [0.1, 0.15) is 30.9 Å². The summed E-state index contributed by atoms with van der Waals surface area (Å²) in [7, 11) is 0. The average Bonchev–Trinajstić information content (AvgIpc) is 2.73. The van der Waals surface area contributed by atoms with Crippen molar-refractivity contribution in [1.82, 2.24) is 5.32 Å². The summed E-state index contributed by atoms with van der Waals surface area (Å²) in [5, 5.41) is 10.9. The van der Waals surface area contributed by atoms with Gasteiger partial charge in [0.15, 0.2) is 0 Å². The Kier molecular flexibility index (Phi) is 7.03. The number of benzene rings is 2. The van der Waals surface area contributed by atoms with Gasteiger partial charge in [-0.3, -0.25) is 10.2 Å². The Bertz CT molecular complexity index is 871. The standard InChI is InChI=1S/C23H28N4O2/c1-17(28)27(15-3-5-18-4-2-6-19(16-18)23(24)25)20-7-9-21(10-8-20)29-22-11-13-26-14-12-22/h2-10,16,22,26H,11-15H2,1H3,(H3,24,25). The first-order valence-electron chi connectivity index (χ1n) is 9.89. The van der Waals surface area contributed by atoms with Crippen LogP contribution in [0.25, 0.3) is 6.08 Å². The molecule has 2 aromatic rings. The molecule has 1 amide bonds. The lowest BCUT2D eigenvalue weighted by atomic mass is 10.1. The third kappa shape index (κ3) is 5.93. The fourth-order valence-electron chi connectivity index (χ4n) is 3.33. The van der Waals surface area contributed by atoms with Gasteiger partial charge >= 0.3 is 0 Å². The predicted octanol–water partition coefficient (Wildman–Crippen LogP) is 3.17. The minimum Gasteiger partial charge on any atom is -0.490 e. The summed E-state index contributed by atoms with van der Waals surface area (Å²) < 4.78 is 6.04. The van der Waals surface area contributed by atoms with Gasteiger partial charge in [-0.2, -0.15) is 0 Å². The van der Waals surface area contributed by atoms with Crippen molar-refractivity contribution < 1.29 is 9.53 Å². The number of amides is 1. The predicted molar refractivity (Wildman–Crippen MR) is 117 cm³/mol. The molecule has 0 aliphatic carbocycles. The monoisotopic (exact) mass is 392 g/mol. The van der Waals surface area contributed by atoms with Crippen molar-refractivity contribution in [2.45, 2.75) is 25.9 Å². The Morgan fingerprint density at radius 2 is 1.97 bits per heavy atom. The third-order valence-electron chi connectivity index (χ3n) is 4.91. The zero-order chi connectivity index (χ0) is 20.6. The van der Waals surface area contributed by atoms with Crippen molar-refractivity contribution in [3.63, 3.8) is 0 Å². The summed E-state index contributed by atoms with van der Waals surface area (Å²) in [6, 6.07) is 15.1. The lowest BCUT2D eigenvalue weighted by molar-refractivity contribution is -0.116. The highest BCUT2D eigenvalue weighted by molar-refractivity contribution is 5.95. The molecule has 1 fully saturated rings. The quantitative estimate of drug-likeness (QED) is 0.499. The van der Waals surface area contributed by atoms with Gasteiger partial charge < -0.3 is 20.7 Å². The van der Waals surface area contributed by atoms with Crippen LogP contribution in [0, 0.1) is 5.41 Å². The number of carbonyl (C=O) groups is 1. The first kappa shape index (κ1) is 20.6. The van der Waals surface area contributed by atoms with Gasteiger partial charge in [-0.15, -0.1) is 0 Å². The van der Waals surface area contributed by atoms with E-state index in [1.807, 2.05) is 54.6 Å². The average molecular weight is 393 g/mol. The zero-order valence-corrected chi connectivity index (χ0v) is 16.7. The van der Waals surface area contributed by atoms with Crippen LogP contribution in [-0.4, -0.2) is 37.5 Å². The number of carbonyl (C=O) groups excluding carboxylic acids is 1. The number of nitrogen functional groups attached to an aromatic ring is 1. The third-order valence-corrected chi connectivity index (χ3v) is 4.91. The lowest BCUT2D eigenvalue weighted by Gasteiger charge is -2.24. The number of amidine groups is 1. The van der Waals surface area contributed by atoms with Crippen molar-refractivity contribution >= 4 is 23.5 Å². The van der Waals surface area contributed by atoms with Crippen LogP contribution < -0.4 is 20.7 Å². The molecule has 0 saturated carbocycles. The lowest BCUT2D eigenvalue weighted by Crippen LogP contribution is -2.34. The number of nitrogens with two attached hydrogens (primary N) is 1. The Morgan fingerprint density at radius 1 is 1.24 bits per heavy atom. The maximum atomic E-state index is 12.1. The maximum absolute atomic E-state index is 12.1. The number of nitrogens with one attached hydrogen (secondary N) is 2. The van der Waals surface area contributed by atoms with Crippen LogP contribution in [0.15, 0.2) is 54.6 Å². The zero-order valence-electron chi connectivity index (χ0n) is 16.7. The van der Waals surface area contributed by atoms with Crippen LogP contribution in [0.3, 0.4) is 0 Å². The van der Waals surface area contributed by atoms with E-state index in [-0.39, 0.29) is 17.8 Å². The number of hydrogen-bond donors (Lipinski definition) is 3. The number of anilines is 1. The summed E-state index contributed by atoms with van der Waals surface area (Å²) in [5.74, 6) is 0.845. The molecule has 0 atom stereocenters. The van der Waals surface area contributed by atoms with E-state index in [4.69, 9.17) is 15.9 Å². The van der Waals surface area contributed by atoms with Crippen molar-refractivity contribution in [2.24, 2.45) is 5.73 Å². The number of rotatable bonds is 7. The highest BCUT2D eigenvalue weighted by Gasteiger charge is 2.15. The van der Waals surface area contributed by atoms with E-state index in [2.05, 4.69) is 5.32 Å². The molecule has 2 aromatic carbocycles. The van der Waals surface area contributed by atoms with E-state index in [9.17, 15) is 4.79 Å². The van der Waals surface area contributed by atoms with Crippen molar-refractivity contribution in [2.75, 3.05) is 24.5 Å². The van der Waals surface area contributed by atoms with Gasteiger partial charge in [-0.1, -0.05) is 30.4 Å². The number of nitrogens with zero attached hydrogens (tertiary/aromatic N) is 1. The summed E-state index contributed by atoms with van der Waals surface area (Å²) >= 11 is 0. The molecular formula is C23H28N4O2. The summed E-state index contributed by atoms with van der Waals surface area (Å²) in [4.78, 5) is 13.8. The first-order valence-corrected chi connectivity index (χ1v) is 9.89. The molecule has 1 saturated heterocycles. The number of piperidine rings is 1. The fraction of sp³-hybridized carbons (Fsp3) is 0.304. The van der Waals surface area contributed by atoms with E-state index in [0.717, 1.165) is 42.9 Å². The van der Waals surface area contributed by atoms with E-state index >= 15 is 0 Å². The van der Waals surface area contributed by atoms with Crippen LogP contribution >= 0.6 is 0 Å². The second-order valence-corrected chi connectivity index (χ2v) is 7.13. The molecule has 1 aliphatic rings. The molecule has 0 aromatic heterocycles. The normalized spacial score (nSPS) is 14.7. The Balaban J connectivity index is 1.64. The first-order chi connectivity index (χ1) is 14.0. The molecule has 152 valence electrons. The molecule has 0 bridgehead atoms. The molecule has 0 spiro atoms. The second kappa shape index (κ2) is 9.89. The molecule has 0 unspecified atom stereocenters. The Labute approximate surface area is 171 Å². The minimum atomic E-state index is -0.0286. The summed E-state index contributed by atoms with van der Waals surface area (Å²) in [5.41, 5.74) is 7.99. The molecule has 3 rings (SSSR count). The van der Waals surface area contributed by atoms with E-state index in [1.165, 1.54) is 0 Å². The molecule has 4 N–H and O–H groups in total. The van der Waals surface area contributed by atoms with Gasteiger partial charge in [0.05, 0.1) is 0 Å². The second-order valence-electron chi connectivity index (χ2n) is 7.13. The van der Waals surface area contributed by atoms with Crippen LogP contribution in [0.4, 0.5) is 5.69 Å². The smallest absolute Gasteiger partial charge is 0.224 e. The van der Waals surface area contributed by atoms with Gasteiger partial charge in [0.2, 0.25) is 5.91 Å². The van der Waals surface area contributed by atoms with Crippen LogP contribution in [0.5, 0.6) is 5.75 Å². The largest absolute Gasteiger partial charge is 0.490 e. The fourth-order valence-corrected chi connectivity index (χ4v) is 3.33. The van der Waals surface area contributed by atoms with Gasteiger partial charge in [0.1, 0.15) is 17.7 Å². The number of ether oxygens (including phenoxy) is 1. The summed E-state index contributed by atoms with van der Waals surface area (Å²) in [6.45, 7) is 3.99. The molecule has 1 aliphatic heterocycles. The van der Waals surface area contributed by atoms with Crippen LogP contribution in [0.2, 0.25) is 0 Å².